The van der Waals surface area contributed by atoms with E-state index in [9.17, 15) is 9.59 Å². The third kappa shape index (κ3) is 4.53. The molecule has 0 aliphatic heterocycles. The Morgan fingerprint density at radius 1 is 0.889 bits per heavy atom. The van der Waals surface area contributed by atoms with Crippen molar-refractivity contribution in [2.75, 3.05) is 13.7 Å². The zero-order chi connectivity index (χ0) is 25.2. The number of carbonyl (C=O) groups excluding carboxylic acids is 2. The van der Waals surface area contributed by atoms with Gasteiger partial charge in [0.05, 0.1) is 23.9 Å². The standard InChI is InChI=1S/C30H22ClNO4/c1-18-28(25-8-3-4-9-26(25)32-29(18)22-6-5-7-23(31)15-22)30(34)36-17-27(33)21-11-10-20-16-24(35-2)13-12-19(20)14-21/h3-16H,17H2,1-2H3. The van der Waals surface area contributed by atoms with Gasteiger partial charge in [-0.3, -0.25) is 4.79 Å². The fraction of sp³-hybridized carbons (Fsp3) is 0.100. The molecule has 0 radical (unpaired) electrons. The molecule has 0 N–H and O–H groups in total. The number of methoxy groups -OCH3 is 1. The predicted octanol–water partition coefficient (Wildman–Crippen LogP) is 7.07. The number of nitrogens with zero attached hydrogens (tertiary/aromatic N) is 1. The fourth-order valence-electron chi connectivity index (χ4n) is 4.30. The number of pyridine rings is 1. The molecule has 1 heterocycles. The summed E-state index contributed by atoms with van der Waals surface area (Å²) in [6, 6.07) is 25.7. The Bertz CT molecular complexity index is 1640. The van der Waals surface area contributed by atoms with E-state index in [1.54, 1.807) is 31.4 Å². The lowest BCUT2D eigenvalue weighted by Crippen LogP contribution is -2.16. The van der Waals surface area contributed by atoms with Gasteiger partial charge < -0.3 is 9.47 Å². The maximum Gasteiger partial charge on any atom is 0.339 e. The van der Waals surface area contributed by atoms with E-state index >= 15 is 0 Å². The minimum absolute atomic E-state index is 0.285. The average Bonchev–Trinajstić information content (AvgIpc) is 2.90. The van der Waals surface area contributed by atoms with Gasteiger partial charge in [-0.2, -0.15) is 0 Å². The third-order valence-electron chi connectivity index (χ3n) is 6.14. The Kier molecular flexibility index (Phi) is 6.40. The first-order valence-electron chi connectivity index (χ1n) is 11.4. The SMILES string of the molecule is COc1ccc2cc(C(=O)COC(=O)c3c(C)c(-c4cccc(Cl)c4)nc4ccccc34)ccc2c1. The lowest BCUT2D eigenvalue weighted by Gasteiger charge is -2.14. The normalized spacial score (nSPS) is 11.0. The summed E-state index contributed by atoms with van der Waals surface area (Å²) in [5, 5.41) is 3.09. The van der Waals surface area contributed by atoms with Crippen LogP contribution in [0.25, 0.3) is 32.9 Å². The number of rotatable bonds is 6. The Labute approximate surface area is 213 Å². The number of ether oxygens (including phenoxy) is 2. The van der Waals surface area contributed by atoms with Crippen LogP contribution >= 0.6 is 11.6 Å². The first kappa shape index (κ1) is 23.5. The van der Waals surface area contributed by atoms with Gasteiger partial charge in [-0.1, -0.05) is 60.1 Å². The van der Waals surface area contributed by atoms with Gasteiger partial charge in [0, 0.05) is 21.5 Å². The van der Waals surface area contributed by atoms with Gasteiger partial charge in [-0.25, -0.2) is 9.78 Å². The molecule has 0 aliphatic carbocycles. The molecule has 0 unspecified atom stereocenters. The Hall–Kier alpha value is -4.22. The second kappa shape index (κ2) is 9.80. The minimum Gasteiger partial charge on any atom is -0.497 e. The van der Waals surface area contributed by atoms with Gasteiger partial charge >= 0.3 is 5.97 Å². The monoisotopic (exact) mass is 495 g/mol. The van der Waals surface area contributed by atoms with Crippen LogP contribution in [0.2, 0.25) is 5.02 Å². The quantitative estimate of drug-likeness (QED) is 0.186. The number of hydrogen-bond acceptors (Lipinski definition) is 5. The molecule has 0 atom stereocenters. The molecular formula is C30H22ClNO4. The Morgan fingerprint density at radius 3 is 2.47 bits per heavy atom. The number of ketones is 1. The van der Waals surface area contributed by atoms with E-state index in [2.05, 4.69) is 0 Å². The highest BCUT2D eigenvalue weighted by atomic mass is 35.5. The zero-order valence-corrected chi connectivity index (χ0v) is 20.5. The molecule has 1 aromatic heterocycles. The predicted molar refractivity (Wildman–Crippen MR) is 142 cm³/mol. The summed E-state index contributed by atoms with van der Waals surface area (Å²) in [6.07, 6.45) is 0. The minimum atomic E-state index is -0.576. The van der Waals surface area contributed by atoms with E-state index in [-0.39, 0.29) is 12.4 Å². The van der Waals surface area contributed by atoms with E-state index in [0.29, 0.717) is 38.3 Å². The van der Waals surface area contributed by atoms with Gasteiger partial charge in [0.2, 0.25) is 0 Å². The largest absolute Gasteiger partial charge is 0.497 e. The molecule has 178 valence electrons. The van der Waals surface area contributed by atoms with Crippen molar-refractivity contribution in [3.63, 3.8) is 0 Å². The topological polar surface area (TPSA) is 65.5 Å². The van der Waals surface area contributed by atoms with Crippen molar-refractivity contribution in [3.8, 4) is 17.0 Å². The first-order chi connectivity index (χ1) is 17.4. The summed E-state index contributed by atoms with van der Waals surface area (Å²) in [4.78, 5) is 31.0. The number of carbonyl (C=O) groups is 2. The number of aromatic nitrogens is 1. The summed E-state index contributed by atoms with van der Waals surface area (Å²) >= 11 is 6.20. The van der Waals surface area contributed by atoms with Crippen LogP contribution in [0, 0.1) is 6.92 Å². The second-order valence-electron chi connectivity index (χ2n) is 8.42. The van der Waals surface area contributed by atoms with Gasteiger partial charge in [0.15, 0.2) is 12.4 Å². The van der Waals surface area contributed by atoms with E-state index in [1.165, 1.54) is 0 Å². The number of halogens is 1. The lowest BCUT2D eigenvalue weighted by atomic mass is 9.98. The number of benzene rings is 4. The Morgan fingerprint density at radius 2 is 1.67 bits per heavy atom. The van der Waals surface area contributed by atoms with Crippen LogP contribution < -0.4 is 4.74 Å². The van der Waals surface area contributed by atoms with E-state index in [0.717, 1.165) is 22.1 Å². The smallest absolute Gasteiger partial charge is 0.339 e. The third-order valence-corrected chi connectivity index (χ3v) is 6.38. The number of fused-ring (bicyclic) bond motifs is 2. The van der Waals surface area contributed by atoms with Crippen LogP contribution in [0.5, 0.6) is 5.75 Å². The maximum absolute atomic E-state index is 13.3. The molecule has 0 aliphatic rings. The molecule has 4 aromatic carbocycles. The number of esters is 1. The molecule has 0 bridgehead atoms. The fourth-order valence-corrected chi connectivity index (χ4v) is 4.49. The molecule has 0 fully saturated rings. The maximum atomic E-state index is 13.3. The van der Waals surface area contributed by atoms with Crippen molar-refractivity contribution in [2.24, 2.45) is 0 Å². The molecule has 6 heteroatoms. The van der Waals surface area contributed by atoms with Gasteiger partial charge in [-0.05, 0) is 59.7 Å². The van der Waals surface area contributed by atoms with Gasteiger partial charge in [-0.15, -0.1) is 0 Å². The van der Waals surface area contributed by atoms with Gasteiger partial charge in [0.1, 0.15) is 5.75 Å². The lowest BCUT2D eigenvalue weighted by molar-refractivity contribution is 0.0476. The van der Waals surface area contributed by atoms with Crippen LogP contribution in [0.1, 0.15) is 26.3 Å². The zero-order valence-electron chi connectivity index (χ0n) is 19.7. The molecule has 5 rings (SSSR count). The molecular weight excluding hydrogens is 474 g/mol. The van der Waals surface area contributed by atoms with Crippen LogP contribution in [0.15, 0.2) is 84.9 Å². The van der Waals surface area contributed by atoms with Crippen LogP contribution in [0.3, 0.4) is 0 Å². The van der Waals surface area contributed by atoms with Crippen molar-refractivity contribution < 1.29 is 19.1 Å². The molecule has 5 nitrogen and oxygen atoms in total. The van der Waals surface area contributed by atoms with Crippen molar-refractivity contribution >= 4 is 45.0 Å². The molecule has 0 spiro atoms. The highest BCUT2D eigenvalue weighted by Crippen LogP contribution is 2.31. The van der Waals surface area contributed by atoms with Crippen LogP contribution in [0.4, 0.5) is 0 Å². The van der Waals surface area contributed by atoms with Crippen molar-refractivity contribution in [1.29, 1.82) is 0 Å². The molecule has 0 saturated heterocycles. The number of para-hydroxylation sites is 1. The molecule has 0 amide bonds. The van der Waals surface area contributed by atoms with E-state index < -0.39 is 5.97 Å². The summed E-state index contributed by atoms with van der Waals surface area (Å²) in [5.74, 6) is -0.118. The van der Waals surface area contributed by atoms with Crippen LogP contribution in [-0.2, 0) is 4.74 Å². The van der Waals surface area contributed by atoms with Crippen molar-refractivity contribution in [3.05, 3.63) is 107 Å². The summed E-state index contributed by atoms with van der Waals surface area (Å²) in [6.45, 7) is 1.45. The van der Waals surface area contributed by atoms with Gasteiger partial charge in [0.25, 0.3) is 0 Å². The molecule has 0 saturated carbocycles. The number of hydrogen-bond donors (Lipinski definition) is 0. The van der Waals surface area contributed by atoms with E-state index in [4.69, 9.17) is 26.1 Å². The Balaban J connectivity index is 1.44. The summed E-state index contributed by atoms with van der Waals surface area (Å²) < 4.78 is 10.8. The average molecular weight is 496 g/mol. The van der Waals surface area contributed by atoms with Crippen molar-refractivity contribution in [1.82, 2.24) is 4.98 Å². The molecule has 36 heavy (non-hydrogen) atoms. The van der Waals surface area contributed by atoms with E-state index in [1.807, 2.05) is 67.6 Å². The van der Waals surface area contributed by atoms with Crippen molar-refractivity contribution in [2.45, 2.75) is 6.92 Å². The number of Topliss-reactive ketones (excluding diaryl/α,β-unsaturated/α-hetero) is 1. The summed E-state index contributed by atoms with van der Waals surface area (Å²) in [7, 11) is 1.61. The van der Waals surface area contributed by atoms with Crippen LogP contribution in [-0.4, -0.2) is 30.5 Å². The highest BCUT2D eigenvalue weighted by Gasteiger charge is 2.21. The summed E-state index contributed by atoms with van der Waals surface area (Å²) in [5.41, 5.74) is 3.60. The highest BCUT2D eigenvalue weighted by molar-refractivity contribution is 6.30. The first-order valence-corrected chi connectivity index (χ1v) is 11.8. The molecule has 5 aromatic rings. The second-order valence-corrected chi connectivity index (χ2v) is 8.85.